The van der Waals surface area contributed by atoms with E-state index in [2.05, 4.69) is 15.7 Å². The fourth-order valence-electron chi connectivity index (χ4n) is 2.44. The first-order valence-corrected chi connectivity index (χ1v) is 7.04. The molecule has 3 rings (SSSR count). The standard InChI is InChI=1S/C15H18N4O2/c1-10-2-4-12(5-3-10)19-14(20)8-13(18-19)15(21)17-11-6-7-16-9-11/h2-5,8,11,16,18H,6-7,9H2,1H3,(H,17,21). The van der Waals surface area contributed by atoms with Crippen molar-refractivity contribution in [3.05, 3.63) is 51.9 Å². The maximum Gasteiger partial charge on any atom is 0.271 e. The van der Waals surface area contributed by atoms with E-state index >= 15 is 0 Å². The molecule has 2 heterocycles. The van der Waals surface area contributed by atoms with Gasteiger partial charge in [0.25, 0.3) is 11.5 Å². The third kappa shape index (κ3) is 2.90. The van der Waals surface area contributed by atoms with Crippen molar-refractivity contribution in [2.45, 2.75) is 19.4 Å². The Morgan fingerprint density at radius 2 is 2.10 bits per heavy atom. The molecule has 21 heavy (non-hydrogen) atoms. The molecular weight excluding hydrogens is 268 g/mol. The number of amides is 1. The third-order valence-electron chi connectivity index (χ3n) is 3.65. The van der Waals surface area contributed by atoms with Gasteiger partial charge in [0.15, 0.2) is 0 Å². The third-order valence-corrected chi connectivity index (χ3v) is 3.65. The van der Waals surface area contributed by atoms with Crippen LogP contribution >= 0.6 is 0 Å². The highest BCUT2D eigenvalue weighted by atomic mass is 16.2. The molecule has 1 aromatic carbocycles. The zero-order valence-corrected chi connectivity index (χ0v) is 11.8. The first-order chi connectivity index (χ1) is 10.1. The van der Waals surface area contributed by atoms with Crippen LogP contribution in [0.25, 0.3) is 5.69 Å². The number of rotatable bonds is 3. The molecule has 6 nitrogen and oxygen atoms in total. The van der Waals surface area contributed by atoms with Gasteiger partial charge in [0.2, 0.25) is 0 Å². The van der Waals surface area contributed by atoms with Crippen molar-refractivity contribution < 1.29 is 4.79 Å². The summed E-state index contributed by atoms with van der Waals surface area (Å²) in [6.07, 6.45) is 0.911. The summed E-state index contributed by atoms with van der Waals surface area (Å²) < 4.78 is 1.38. The van der Waals surface area contributed by atoms with Gasteiger partial charge >= 0.3 is 0 Å². The van der Waals surface area contributed by atoms with E-state index in [1.807, 2.05) is 31.2 Å². The molecule has 6 heteroatoms. The molecule has 1 aliphatic rings. The van der Waals surface area contributed by atoms with Crippen LogP contribution in [0.5, 0.6) is 0 Å². The number of H-pyrrole nitrogens is 1. The number of nitrogens with zero attached hydrogens (tertiary/aromatic N) is 1. The van der Waals surface area contributed by atoms with Crippen LogP contribution in [0.2, 0.25) is 0 Å². The van der Waals surface area contributed by atoms with Gasteiger partial charge in [-0.2, -0.15) is 0 Å². The first kappa shape index (κ1) is 13.6. The van der Waals surface area contributed by atoms with Gasteiger partial charge in [-0.25, -0.2) is 4.68 Å². The Balaban J connectivity index is 1.82. The summed E-state index contributed by atoms with van der Waals surface area (Å²) in [7, 11) is 0. The van der Waals surface area contributed by atoms with Gasteiger partial charge in [-0.15, -0.1) is 0 Å². The van der Waals surface area contributed by atoms with Crippen LogP contribution in [-0.2, 0) is 0 Å². The predicted molar refractivity (Wildman–Crippen MR) is 79.9 cm³/mol. The van der Waals surface area contributed by atoms with Crippen molar-refractivity contribution >= 4 is 5.91 Å². The molecule has 0 spiro atoms. The van der Waals surface area contributed by atoms with Gasteiger partial charge in [0.05, 0.1) is 5.69 Å². The summed E-state index contributed by atoms with van der Waals surface area (Å²) in [4.78, 5) is 24.1. The van der Waals surface area contributed by atoms with Gasteiger partial charge in [0, 0.05) is 18.7 Å². The Labute approximate surface area is 122 Å². The highest BCUT2D eigenvalue weighted by molar-refractivity contribution is 5.92. The lowest BCUT2D eigenvalue weighted by Gasteiger charge is -2.09. The van der Waals surface area contributed by atoms with E-state index in [0.29, 0.717) is 5.69 Å². The van der Waals surface area contributed by atoms with E-state index < -0.39 is 0 Å². The number of nitrogens with one attached hydrogen (secondary N) is 3. The molecular formula is C15H18N4O2. The number of hydrogen-bond acceptors (Lipinski definition) is 3. The van der Waals surface area contributed by atoms with E-state index in [9.17, 15) is 9.59 Å². The summed E-state index contributed by atoms with van der Waals surface area (Å²) in [5.41, 5.74) is 1.87. The molecule has 1 saturated heterocycles. The van der Waals surface area contributed by atoms with Crippen molar-refractivity contribution in [3.63, 3.8) is 0 Å². The summed E-state index contributed by atoms with van der Waals surface area (Å²) in [6.45, 7) is 3.66. The fourth-order valence-corrected chi connectivity index (χ4v) is 2.44. The molecule has 1 unspecified atom stereocenters. The number of aromatic nitrogens is 2. The van der Waals surface area contributed by atoms with Crippen molar-refractivity contribution in [1.82, 2.24) is 20.4 Å². The van der Waals surface area contributed by atoms with Gasteiger partial charge in [0.1, 0.15) is 5.69 Å². The van der Waals surface area contributed by atoms with Gasteiger partial charge < -0.3 is 10.6 Å². The van der Waals surface area contributed by atoms with E-state index in [1.54, 1.807) is 0 Å². The quantitative estimate of drug-likeness (QED) is 0.771. The summed E-state index contributed by atoms with van der Waals surface area (Å²) >= 11 is 0. The van der Waals surface area contributed by atoms with Crippen LogP contribution in [0.4, 0.5) is 0 Å². The zero-order valence-electron chi connectivity index (χ0n) is 11.8. The number of aromatic amines is 1. The molecule has 1 atom stereocenters. The highest BCUT2D eigenvalue weighted by Crippen LogP contribution is 2.07. The number of aryl methyl sites for hydroxylation is 1. The lowest BCUT2D eigenvalue weighted by molar-refractivity contribution is 0.0934. The van der Waals surface area contributed by atoms with Crippen LogP contribution < -0.4 is 16.2 Å². The molecule has 1 fully saturated rings. The van der Waals surface area contributed by atoms with E-state index in [-0.39, 0.29) is 23.2 Å². The SMILES string of the molecule is Cc1ccc(-n2[nH]c(C(=O)NC3CCNC3)cc2=O)cc1. The summed E-state index contributed by atoms with van der Waals surface area (Å²) in [5, 5.41) is 8.96. The Morgan fingerprint density at radius 3 is 2.76 bits per heavy atom. The van der Waals surface area contributed by atoms with E-state index in [4.69, 9.17) is 0 Å². The van der Waals surface area contributed by atoms with Crippen molar-refractivity contribution in [2.75, 3.05) is 13.1 Å². The van der Waals surface area contributed by atoms with Gasteiger partial charge in [-0.05, 0) is 32.0 Å². The Bertz CT molecular complexity index is 693. The minimum Gasteiger partial charge on any atom is -0.347 e. The number of carbonyl (C=O) groups is 1. The Kier molecular flexibility index (Phi) is 3.62. The predicted octanol–water partition coefficient (Wildman–Crippen LogP) is 0.566. The Morgan fingerprint density at radius 1 is 1.33 bits per heavy atom. The van der Waals surface area contributed by atoms with Crippen LogP contribution in [-0.4, -0.2) is 34.8 Å². The molecule has 0 bridgehead atoms. The second-order valence-electron chi connectivity index (χ2n) is 5.34. The molecule has 2 aromatic rings. The molecule has 110 valence electrons. The topological polar surface area (TPSA) is 78.9 Å². The van der Waals surface area contributed by atoms with E-state index in [1.165, 1.54) is 10.7 Å². The minimum atomic E-state index is -0.244. The average molecular weight is 286 g/mol. The summed E-state index contributed by atoms with van der Waals surface area (Å²) in [5.74, 6) is -0.244. The van der Waals surface area contributed by atoms with Crippen LogP contribution in [0, 0.1) is 6.92 Å². The Hall–Kier alpha value is -2.34. The zero-order chi connectivity index (χ0) is 14.8. The van der Waals surface area contributed by atoms with Crippen LogP contribution in [0.1, 0.15) is 22.5 Å². The van der Waals surface area contributed by atoms with E-state index in [0.717, 1.165) is 25.1 Å². The monoisotopic (exact) mass is 286 g/mol. The molecule has 1 amide bonds. The first-order valence-electron chi connectivity index (χ1n) is 7.04. The number of carbonyl (C=O) groups excluding carboxylic acids is 1. The van der Waals surface area contributed by atoms with Crippen molar-refractivity contribution in [2.24, 2.45) is 0 Å². The number of hydrogen-bond donors (Lipinski definition) is 3. The number of benzene rings is 1. The molecule has 0 radical (unpaired) electrons. The smallest absolute Gasteiger partial charge is 0.271 e. The maximum absolute atomic E-state index is 12.1. The molecule has 1 aliphatic heterocycles. The van der Waals surface area contributed by atoms with Gasteiger partial charge in [-0.3, -0.25) is 14.7 Å². The molecule has 0 saturated carbocycles. The second kappa shape index (κ2) is 5.57. The average Bonchev–Trinajstić information content (AvgIpc) is 3.09. The lowest BCUT2D eigenvalue weighted by atomic mass is 10.2. The van der Waals surface area contributed by atoms with Crippen molar-refractivity contribution in [3.8, 4) is 5.69 Å². The highest BCUT2D eigenvalue weighted by Gasteiger charge is 2.19. The lowest BCUT2D eigenvalue weighted by Crippen LogP contribution is -2.36. The van der Waals surface area contributed by atoms with Crippen molar-refractivity contribution in [1.29, 1.82) is 0 Å². The van der Waals surface area contributed by atoms with Crippen LogP contribution in [0.15, 0.2) is 35.1 Å². The molecule has 1 aromatic heterocycles. The maximum atomic E-state index is 12.1. The van der Waals surface area contributed by atoms with Crippen LogP contribution in [0.3, 0.4) is 0 Å². The second-order valence-corrected chi connectivity index (χ2v) is 5.34. The van der Waals surface area contributed by atoms with Gasteiger partial charge in [-0.1, -0.05) is 17.7 Å². The minimum absolute atomic E-state index is 0.128. The summed E-state index contributed by atoms with van der Waals surface area (Å²) in [6, 6.07) is 8.99. The fraction of sp³-hybridized carbons (Fsp3) is 0.333. The largest absolute Gasteiger partial charge is 0.347 e. The normalized spacial score (nSPS) is 17.9. The molecule has 3 N–H and O–H groups in total. The molecule has 0 aliphatic carbocycles.